The van der Waals surface area contributed by atoms with Gasteiger partial charge in [-0.1, -0.05) is 43.8 Å². The van der Waals surface area contributed by atoms with Crippen molar-refractivity contribution in [2.75, 3.05) is 11.1 Å². The summed E-state index contributed by atoms with van der Waals surface area (Å²) in [5.41, 5.74) is 2.76. The molecule has 30 heavy (non-hydrogen) atoms. The fraction of sp³-hybridized carbons (Fsp3) is 0.190. The standard InChI is InChI=1S/C21H20N6OS2/c1-14(2)17-12-29-20(23-17)24-18(28)13-30-21-26-25-19(15-7-6-10-22-11-15)27(21)16-8-4-3-5-9-16/h3-12,14H,13H2,1-2H3,(H,23,24,28). The molecule has 0 saturated heterocycles. The highest BCUT2D eigenvalue weighted by atomic mass is 32.2. The average Bonchev–Trinajstić information content (AvgIpc) is 3.41. The van der Waals surface area contributed by atoms with E-state index >= 15 is 0 Å². The van der Waals surface area contributed by atoms with Gasteiger partial charge in [-0.05, 0) is 30.2 Å². The maximum Gasteiger partial charge on any atom is 0.236 e. The van der Waals surface area contributed by atoms with Crippen molar-refractivity contribution in [2.24, 2.45) is 0 Å². The zero-order valence-corrected chi connectivity index (χ0v) is 18.2. The van der Waals surface area contributed by atoms with E-state index in [9.17, 15) is 4.79 Å². The molecule has 0 aliphatic carbocycles. The lowest BCUT2D eigenvalue weighted by molar-refractivity contribution is -0.113. The van der Waals surface area contributed by atoms with Crippen molar-refractivity contribution in [2.45, 2.75) is 24.9 Å². The second kappa shape index (κ2) is 9.19. The molecule has 4 rings (SSSR count). The number of amides is 1. The first kappa shape index (κ1) is 20.2. The van der Waals surface area contributed by atoms with Crippen LogP contribution in [0.5, 0.6) is 0 Å². The van der Waals surface area contributed by atoms with Crippen LogP contribution >= 0.6 is 23.1 Å². The summed E-state index contributed by atoms with van der Waals surface area (Å²) in [6.45, 7) is 4.15. The summed E-state index contributed by atoms with van der Waals surface area (Å²) in [5.74, 6) is 1.08. The zero-order valence-electron chi connectivity index (χ0n) is 16.5. The molecule has 1 amide bonds. The van der Waals surface area contributed by atoms with E-state index < -0.39 is 0 Å². The summed E-state index contributed by atoms with van der Waals surface area (Å²) in [4.78, 5) is 21.1. The molecule has 0 aliphatic rings. The van der Waals surface area contributed by atoms with E-state index in [-0.39, 0.29) is 11.7 Å². The summed E-state index contributed by atoms with van der Waals surface area (Å²) in [6, 6.07) is 13.6. The third-order valence-corrected chi connectivity index (χ3v) is 5.96. The predicted octanol–water partition coefficient (Wildman–Crippen LogP) is 4.64. The molecular formula is C21H20N6OS2. The number of thioether (sulfide) groups is 1. The van der Waals surface area contributed by atoms with E-state index in [0.717, 1.165) is 16.9 Å². The van der Waals surface area contributed by atoms with Crippen LogP contribution in [0.3, 0.4) is 0 Å². The second-order valence-electron chi connectivity index (χ2n) is 6.79. The molecule has 0 radical (unpaired) electrons. The summed E-state index contributed by atoms with van der Waals surface area (Å²) < 4.78 is 1.94. The molecule has 1 aromatic carbocycles. The van der Waals surface area contributed by atoms with Crippen LogP contribution in [-0.2, 0) is 4.79 Å². The Morgan fingerprint density at radius 1 is 1.17 bits per heavy atom. The summed E-state index contributed by atoms with van der Waals surface area (Å²) in [6.07, 6.45) is 3.47. The maximum absolute atomic E-state index is 12.5. The molecule has 0 bridgehead atoms. The number of para-hydroxylation sites is 1. The first-order valence-corrected chi connectivity index (χ1v) is 11.3. The van der Waals surface area contributed by atoms with Crippen LogP contribution in [0.2, 0.25) is 0 Å². The fourth-order valence-electron chi connectivity index (χ4n) is 2.75. The normalized spacial score (nSPS) is 11.0. The quantitative estimate of drug-likeness (QED) is 0.425. The van der Waals surface area contributed by atoms with Gasteiger partial charge in [0.15, 0.2) is 16.1 Å². The Balaban J connectivity index is 1.54. The summed E-state index contributed by atoms with van der Waals surface area (Å²) in [5, 5.41) is 14.8. The lowest BCUT2D eigenvalue weighted by Crippen LogP contribution is -2.14. The van der Waals surface area contributed by atoms with Crippen LogP contribution < -0.4 is 5.32 Å². The Bertz CT molecular complexity index is 1120. The van der Waals surface area contributed by atoms with Gasteiger partial charge in [-0.25, -0.2) is 4.98 Å². The molecule has 0 aliphatic heterocycles. The topological polar surface area (TPSA) is 85.6 Å². The van der Waals surface area contributed by atoms with Crippen LogP contribution in [0.15, 0.2) is 65.4 Å². The smallest absolute Gasteiger partial charge is 0.236 e. The van der Waals surface area contributed by atoms with Gasteiger partial charge in [-0.3, -0.25) is 14.3 Å². The molecule has 0 atom stereocenters. The lowest BCUT2D eigenvalue weighted by atomic mass is 10.2. The minimum atomic E-state index is -0.129. The Morgan fingerprint density at radius 3 is 2.70 bits per heavy atom. The maximum atomic E-state index is 12.5. The van der Waals surface area contributed by atoms with E-state index in [2.05, 4.69) is 39.3 Å². The van der Waals surface area contributed by atoms with Crippen molar-refractivity contribution >= 4 is 34.1 Å². The van der Waals surface area contributed by atoms with E-state index in [4.69, 9.17) is 0 Å². The van der Waals surface area contributed by atoms with Crippen molar-refractivity contribution in [1.29, 1.82) is 0 Å². The third-order valence-electron chi connectivity index (χ3n) is 4.26. The number of aromatic nitrogens is 5. The van der Waals surface area contributed by atoms with Crippen molar-refractivity contribution < 1.29 is 4.79 Å². The van der Waals surface area contributed by atoms with E-state index in [0.29, 0.717) is 22.0 Å². The molecule has 1 N–H and O–H groups in total. The SMILES string of the molecule is CC(C)c1csc(NC(=O)CSc2nnc(-c3cccnc3)n2-c2ccccc2)n1. The van der Waals surface area contributed by atoms with Gasteiger partial charge < -0.3 is 5.32 Å². The largest absolute Gasteiger partial charge is 0.301 e. The molecule has 3 aromatic heterocycles. The van der Waals surface area contributed by atoms with Crippen LogP contribution in [0.25, 0.3) is 17.1 Å². The van der Waals surface area contributed by atoms with Gasteiger partial charge in [0.05, 0.1) is 11.4 Å². The number of nitrogens with zero attached hydrogens (tertiary/aromatic N) is 5. The van der Waals surface area contributed by atoms with Crippen molar-refractivity contribution in [3.63, 3.8) is 0 Å². The van der Waals surface area contributed by atoms with Gasteiger partial charge in [0.2, 0.25) is 5.91 Å². The number of benzene rings is 1. The Kier molecular flexibility index (Phi) is 6.20. The van der Waals surface area contributed by atoms with Gasteiger partial charge in [-0.2, -0.15) is 0 Å². The zero-order chi connectivity index (χ0) is 20.9. The van der Waals surface area contributed by atoms with Crippen molar-refractivity contribution in [3.8, 4) is 17.1 Å². The lowest BCUT2D eigenvalue weighted by Gasteiger charge is -2.10. The minimum Gasteiger partial charge on any atom is -0.301 e. The van der Waals surface area contributed by atoms with E-state index in [1.165, 1.54) is 23.1 Å². The van der Waals surface area contributed by atoms with Crippen molar-refractivity contribution in [3.05, 3.63) is 65.9 Å². The highest BCUT2D eigenvalue weighted by molar-refractivity contribution is 7.99. The monoisotopic (exact) mass is 436 g/mol. The third kappa shape index (κ3) is 4.58. The Labute approximate surface area is 182 Å². The minimum absolute atomic E-state index is 0.129. The molecular weight excluding hydrogens is 416 g/mol. The van der Waals surface area contributed by atoms with E-state index in [1.54, 1.807) is 12.4 Å². The first-order chi connectivity index (χ1) is 14.6. The number of carbonyl (C=O) groups is 1. The number of carbonyl (C=O) groups excluding carboxylic acids is 1. The van der Waals surface area contributed by atoms with E-state index in [1.807, 2.05) is 52.4 Å². The number of rotatable bonds is 7. The second-order valence-corrected chi connectivity index (χ2v) is 8.59. The van der Waals surface area contributed by atoms with Gasteiger partial charge in [0, 0.05) is 29.0 Å². The van der Waals surface area contributed by atoms with Crippen LogP contribution in [-0.4, -0.2) is 36.4 Å². The van der Waals surface area contributed by atoms with Crippen LogP contribution in [0.1, 0.15) is 25.5 Å². The average molecular weight is 437 g/mol. The van der Waals surface area contributed by atoms with Crippen molar-refractivity contribution in [1.82, 2.24) is 24.7 Å². The Hall–Kier alpha value is -3.04. The Morgan fingerprint density at radius 2 is 2.00 bits per heavy atom. The first-order valence-electron chi connectivity index (χ1n) is 9.41. The molecule has 0 saturated carbocycles. The number of anilines is 1. The molecule has 152 valence electrons. The molecule has 3 heterocycles. The summed E-state index contributed by atoms with van der Waals surface area (Å²) in [7, 11) is 0. The summed E-state index contributed by atoms with van der Waals surface area (Å²) >= 11 is 2.77. The number of hydrogen-bond acceptors (Lipinski definition) is 7. The van der Waals surface area contributed by atoms with Crippen LogP contribution in [0.4, 0.5) is 5.13 Å². The molecule has 7 nitrogen and oxygen atoms in total. The number of thiazole rings is 1. The van der Waals surface area contributed by atoms with Gasteiger partial charge in [0.1, 0.15) is 0 Å². The highest BCUT2D eigenvalue weighted by Gasteiger charge is 2.18. The molecule has 0 spiro atoms. The van der Waals surface area contributed by atoms with Gasteiger partial charge in [-0.15, -0.1) is 21.5 Å². The van der Waals surface area contributed by atoms with Gasteiger partial charge >= 0.3 is 0 Å². The predicted molar refractivity (Wildman–Crippen MR) is 120 cm³/mol. The van der Waals surface area contributed by atoms with Gasteiger partial charge in [0.25, 0.3) is 0 Å². The number of pyridine rings is 1. The molecule has 4 aromatic rings. The molecule has 0 unspecified atom stereocenters. The number of nitrogens with one attached hydrogen (secondary N) is 1. The molecule has 9 heteroatoms. The highest BCUT2D eigenvalue weighted by Crippen LogP contribution is 2.28. The molecule has 0 fully saturated rings. The number of hydrogen-bond donors (Lipinski definition) is 1. The fourth-order valence-corrected chi connectivity index (χ4v) is 4.39. The van der Waals surface area contributed by atoms with Crippen LogP contribution in [0, 0.1) is 0 Å².